The second-order valence-electron chi connectivity index (χ2n) is 6.44. The molecular weight excluding hydrogens is 319 g/mol. The van der Waals surface area contributed by atoms with Gasteiger partial charge in [-0.1, -0.05) is 31.9 Å². The number of aromatic nitrogens is 2. The number of para-hydroxylation sites is 2. The maximum atomic E-state index is 13.2. The van der Waals surface area contributed by atoms with Crippen LogP contribution >= 0.6 is 0 Å². The molecule has 1 saturated carbocycles. The summed E-state index contributed by atoms with van der Waals surface area (Å²) in [5.74, 6) is -1.08. The second-order valence-corrected chi connectivity index (χ2v) is 6.44. The lowest BCUT2D eigenvalue weighted by Gasteiger charge is -2.29. The molecule has 3 rings (SSSR count). The Balaban J connectivity index is 1.84. The van der Waals surface area contributed by atoms with E-state index in [0.717, 1.165) is 30.3 Å². The van der Waals surface area contributed by atoms with E-state index in [9.17, 15) is 18.0 Å². The van der Waals surface area contributed by atoms with Crippen molar-refractivity contribution in [3.63, 3.8) is 0 Å². The van der Waals surface area contributed by atoms with Crippen molar-refractivity contribution in [2.45, 2.75) is 51.4 Å². The van der Waals surface area contributed by atoms with E-state index in [0.29, 0.717) is 11.4 Å². The Hall–Kier alpha value is -2.05. The summed E-state index contributed by atoms with van der Waals surface area (Å²) < 4.78 is 40.7. The summed E-state index contributed by atoms with van der Waals surface area (Å²) in [4.78, 5) is 16.0. The molecule has 4 nitrogen and oxygen atoms in total. The number of carbonyl (C=O) groups is 1. The highest BCUT2D eigenvalue weighted by molar-refractivity contribution is 5.81. The normalized spacial score (nSPS) is 21.8. The molecule has 1 aromatic carbocycles. The standard InChI is InChI=1S/C17H20F3N3O/c1-11-6-2-3-7-12(11)21-15(24)10-23-14-9-5-4-8-13(14)22-16(23)17(18,19)20/h4-5,8-9,11-12H,2-3,6-7,10H2,1H3,(H,21,24)/t11-,12-/m1/s1. The number of hydrogen-bond acceptors (Lipinski definition) is 2. The zero-order chi connectivity index (χ0) is 17.3. The van der Waals surface area contributed by atoms with Crippen LogP contribution in [0, 0.1) is 5.92 Å². The third-order valence-corrected chi connectivity index (χ3v) is 4.67. The fourth-order valence-electron chi connectivity index (χ4n) is 3.38. The molecule has 0 aliphatic heterocycles. The van der Waals surface area contributed by atoms with Gasteiger partial charge in [0.1, 0.15) is 6.54 Å². The van der Waals surface area contributed by atoms with Gasteiger partial charge in [-0.2, -0.15) is 13.2 Å². The number of amides is 1. The van der Waals surface area contributed by atoms with Crippen LogP contribution in [0.2, 0.25) is 0 Å². The Morgan fingerprint density at radius 2 is 2.00 bits per heavy atom. The summed E-state index contributed by atoms with van der Waals surface area (Å²) in [6, 6.07) is 6.37. The highest BCUT2D eigenvalue weighted by Gasteiger charge is 2.38. The molecule has 7 heteroatoms. The predicted molar refractivity (Wildman–Crippen MR) is 84.3 cm³/mol. The van der Waals surface area contributed by atoms with Crippen LogP contribution in [0.5, 0.6) is 0 Å². The highest BCUT2D eigenvalue weighted by atomic mass is 19.4. The van der Waals surface area contributed by atoms with Gasteiger partial charge in [-0.25, -0.2) is 4.98 Å². The Bertz CT molecular complexity index is 738. The smallest absolute Gasteiger partial charge is 0.352 e. The van der Waals surface area contributed by atoms with Crippen LogP contribution in [-0.4, -0.2) is 21.5 Å². The van der Waals surface area contributed by atoms with Gasteiger partial charge in [0.25, 0.3) is 0 Å². The summed E-state index contributed by atoms with van der Waals surface area (Å²) in [6.45, 7) is 1.69. The first-order valence-electron chi connectivity index (χ1n) is 8.18. The molecule has 0 radical (unpaired) electrons. The van der Waals surface area contributed by atoms with Crippen molar-refractivity contribution in [2.75, 3.05) is 0 Å². The second kappa shape index (κ2) is 6.45. The maximum absolute atomic E-state index is 13.2. The molecule has 0 saturated heterocycles. The Kier molecular flexibility index (Phi) is 4.51. The Morgan fingerprint density at radius 1 is 1.29 bits per heavy atom. The zero-order valence-corrected chi connectivity index (χ0v) is 13.4. The van der Waals surface area contributed by atoms with Crippen molar-refractivity contribution < 1.29 is 18.0 Å². The van der Waals surface area contributed by atoms with Crippen molar-refractivity contribution in [3.8, 4) is 0 Å². The van der Waals surface area contributed by atoms with Gasteiger partial charge >= 0.3 is 6.18 Å². The van der Waals surface area contributed by atoms with Crippen LogP contribution in [0.3, 0.4) is 0 Å². The van der Waals surface area contributed by atoms with E-state index in [1.807, 2.05) is 0 Å². The van der Waals surface area contributed by atoms with E-state index >= 15 is 0 Å². The molecule has 0 spiro atoms. The number of carbonyl (C=O) groups excluding carboxylic acids is 1. The molecule has 1 amide bonds. The average Bonchev–Trinajstić information content (AvgIpc) is 2.89. The van der Waals surface area contributed by atoms with E-state index < -0.39 is 17.9 Å². The van der Waals surface area contributed by atoms with Crippen molar-refractivity contribution in [1.29, 1.82) is 0 Å². The molecule has 1 aliphatic carbocycles. The molecule has 1 aromatic heterocycles. The largest absolute Gasteiger partial charge is 0.449 e. The fourth-order valence-corrected chi connectivity index (χ4v) is 3.38. The third-order valence-electron chi connectivity index (χ3n) is 4.67. The monoisotopic (exact) mass is 339 g/mol. The van der Waals surface area contributed by atoms with Crippen LogP contribution in [0.15, 0.2) is 24.3 Å². The maximum Gasteiger partial charge on any atom is 0.449 e. The lowest BCUT2D eigenvalue weighted by molar-refractivity contribution is -0.147. The first-order valence-corrected chi connectivity index (χ1v) is 8.18. The van der Waals surface area contributed by atoms with Crippen molar-refractivity contribution >= 4 is 16.9 Å². The molecule has 2 aromatic rings. The van der Waals surface area contributed by atoms with E-state index in [-0.39, 0.29) is 18.1 Å². The molecule has 1 heterocycles. The minimum absolute atomic E-state index is 0.0374. The molecule has 1 aliphatic rings. The van der Waals surface area contributed by atoms with Crippen LogP contribution in [0.1, 0.15) is 38.4 Å². The van der Waals surface area contributed by atoms with E-state index in [1.165, 1.54) is 6.07 Å². The number of hydrogen-bond donors (Lipinski definition) is 1. The van der Waals surface area contributed by atoms with Gasteiger partial charge in [-0.05, 0) is 30.9 Å². The number of halogens is 3. The number of alkyl halides is 3. The van der Waals surface area contributed by atoms with Crippen LogP contribution in [0.4, 0.5) is 13.2 Å². The third kappa shape index (κ3) is 3.39. The van der Waals surface area contributed by atoms with Crippen LogP contribution < -0.4 is 5.32 Å². The molecule has 1 N–H and O–H groups in total. The Labute approximate surface area is 138 Å². The molecule has 24 heavy (non-hydrogen) atoms. The molecule has 0 unspecified atom stereocenters. The summed E-state index contributed by atoms with van der Waals surface area (Å²) in [5, 5.41) is 2.90. The molecular formula is C17H20F3N3O. The van der Waals surface area contributed by atoms with Gasteiger partial charge in [0.05, 0.1) is 11.0 Å². The molecule has 0 bridgehead atoms. The lowest BCUT2D eigenvalue weighted by atomic mass is 9.86. The summed E-state index contributed by atoms with van der Waals surface area (Å²) in [6.07, 6.45) is -0.511. The van der Waals surface area contributed by atoms with Crippen molar-refractivity contribution in [3.05, 3.63) is 30.1 Å². The zero-order valence-electron chi connectivity index (χ0n) is 13.4. The first-order chi connectivity index (χ1) is 11.4. The van der Waals surface area contributed by atoms with Gasteiger partial charge < -0.3 is 9.88 Å². The van der Waals surface area contributed by atoms with Crippen molar-refractivity contribution in [2.24, 2.45) is 5.92 Å². The highest BCUT2D eigenvalue weighted by Crippen LogP contribution is 2.31. The minimum Gasteiger partial charge on any atom is -0.352 e. The van der Waals surface area contributed by atoms with Crippen LogP contribution in [-0.2, 0) is 17.5 Å². The van der Waals surface area contributed by atoms with Gasteiger partial charge in [-0.3, -0.25) is 4.79 Å². The van der Waals surface area contributed by atoms with E-state index in [1.54, 1.807) is 18.2 Å². The Morgan fingerprint density at radius 3 is 2.71 bits per heavy atom. The number of fused-ring (bicyclic) bond motifs is 1. The number of benzene rings is 1. The van der Waals surface area contributed by atoms with Gasteiger partial charge in [0.2, 0.25) is 11.7 Å². The van der Waals surface area contributed by atoms with Gasteiger partial charge in [0.15, 0.2) is 0 Å². The topological polar surface area (TPSA) is 46.9 Å². The van der Waals surface area contributed by atoms with Crippen molar-refractivity contribution in [1.82, 2.24) is 14.9 Å². The SMILES string of the molecule is C[C@@H]1CCCC[C@H]1NC(=O)Cn1c(C(F)(F)F)nc2ccccc21. The molecule has 130 valence electrons. The number of nitrogens with one attached hydrogen (secondary N) is 1. The molecule has 2 atom stereocenters. The molecule has 1 fully saturated rings. The first kappa shape index (κ1) is 16.8. The quantitative estimate of drug-likeness (QED) is 0.926. The number of rotatable bonds is 3. The number of imidazole rings is 1. The average molecular weight is 339 g/mol. The summed E-state index contributed by atoms with van der Waals surface area (Å²) in [5.41, 5.74) is 0.556. The van der Waals surface area contributed by atoms with Gasteiger partial charge in [0, 0.05) is 6.04 Å². The lowest BCUT2D eigenvalue weighted by Crippen LogP contribution is -2.42. The predicted octanol–water partition coefficient (Wildman–Crippen LogP) is 3.75. The summed E-state index contributed by atoms with van der Waals surface area (Å²) in [7, 11) is 0. The van der Waals surface area contributed by atoms with E-state index in [2.05, 4.69) is 17.2 Å². The van der Waals surface area contributed by atoms with Crippen LogP contribution in [0.25, 0.3) is 11.0 Å². The number of nitrogens with zero attached hydrogens (tertiary/aromatic N) is 2. The van der Waals surface area contributed by atoms with Gasteiger partial charge in [-0.15, -0.1) is 0 Å². The fraction of sp³-hybridized carbons (Fsp3) is 0.529. The van der Waals surface area contributed by atoms with E-state index in [4.69, 9.17) is 0 Å². The minimum atomic E-state index is -4.60. The summed E-state index contributed by atoms with van der Waals surface area (Å²) >= 11 is 0.